The van der Waals surface area contributed by atoms with Gasteiger partial charge in [-0.3, -0.25) is 9.48 Å². The molecule has 0 aliphatic rings. The Morgan fingerprint density at radius 2 is 2.05 bits per heavy atom. The number of rotatable bonds is 5. The number of nitrogens with zero attached hydrogens (tertiary/aromatic N) is 2. The van der Waals surface area contributed by atoms with Gasteiger partial charge in [-0.2, -0.15) is 5.10 Å². The van der Waals surface area contributed by atoms with E-state index >= 15 is 0 Å². The zero-order valence-electron chi connectivity index (χ0n) is 13.5. The topological polar surface area (TPSA) is 65.4 Å². The van der Waals surface area contributed by atoms with Gasteiger partial charge < -0.3 is 14.8 Å². The second-order valence-corrected chi connectivity index (χ2v) is 5.07. The third kappa shape index (κ3) is 3.05. The number of nitrogens with one attached hydrogen (secondary N) is 1. The zero-order valence-corrected chi connectivity index (χ0v) is 13.5. The number of carbonyl (C=O) groups is 1. The molecule has 0 aliphatic carbocycles. The molecule has 118 valence electrons. The van der Waals surface area contributed by atoms with E-state index in [4.69, 9.17) is 9.47 Å². The fraction of sp³-hybridized carbons (Fsp3) is 0.375. The van der Waals surface area contributed by atoms with E-state index in [1.165, 1.54) is 0 Å². The van der Waals surface area contributed by atoms with Gasteiger partial charge in [-0.15, -0.1) is 0 Å². The van der Waals surface area contributed by atoms with Crippen LogP contribution in [0.3, 0.4) is 0 Å². The molecule has 1 unspecified atom stereocenters. The van der Waals surface area contributed by atoms with Gasteiger partial charge in [0.05, 0.1) is 32.0 Å². The number of aryl methyl sites for hydroxylation is 1. The highest BCUT2D eigenvalue weighted by Gasteiger charge is 2.18. The summed E-state index contributed by atoms with van der Waals surface area (Å²) in [7, 11) is 5.01. The monoisotopic (exact) mass is 303 g/mol. The largest absolute Gasteiger partial charge is 0.497 e. The molecule has 0 radical (unpaired) electrons. The molecule has 0 saturated heterocycles. The van der Waals surface area contributed by atoms with Crippen molar-refractivity contribution in [2.75, 3.05) is 14.2 Å². The van der Waals surface area contributed by atoms with Crippen LogP contribution in [0.2, 0.25) is 0 Å². The minimum atomic E-state index is -0.225. The summed E-state index contributed by atoms with van der Waals surface area (Å²) in [6, 6.07) is 5.28. The van der Waals surface area contributed by atoms with Crippen molar-refractivity contribution in [2.45, 2.75) is 19.9 Å². The minimum absolute atomic E-state index is 0.164. The van der Waals surface area contributed by atoms with E-state index in [1.54, 1.807) is 32.1 Å². The first kappa shape index (κ1) is 15.9. The van der Waals surface area contributed by atoms with Gasteiger partial charge in [-0.05, 0) is 32.0 Å². The summed E-state index contributed by atoms with van der Waals surface area (Å²) >= 11 is 0. The maximum Gasteiger partial charge on any atom is 0.255 e. The van der Waals surface area contributed by atoms with E-state index in [1.807, 2.05) is 32.0 Å². The van der Waals surface area contributed by atoms with Gasteiger partial charge in [-0.25, -0.2) is 0 Å². The molecule has 0 spiro atoms. The van der Waals surface area contributed by atoms with E-state index in [0.29, 0.717) is 11.3 Å². The highest BCUT2D eigenvalue weighted by atomic mass is 16.5. The zero-order chi connectivity index (χ0) is 16.3. The first-order valence-corrected chi connectivity index (χ1v) is 6.99. The second-order valence-electron chi connectivity index (χ2n) is 5.07. The van der Waals surface area contributed by atoms with Crippen molar-refractivity contribution in [1.29, 1.82) is 0 Å². The Balaban J connectivity index is 2.23. The Bertz CT molecular complexity index is 679. The van der Waals surface area contributed by atoms with Gasteiger partial charge in [0.2, 0.25) is 0 Å². The molecular formula is C16H21N3O3. The molecule has 2 rings (SSSR count). The fourth-order valence-electron chi connectivity index (χ4n) is 2.25. The first-order valence-electron chi connectivity index (χ1n) is 6.99. The van der Waals surface area contributed by atoms with Crippen LogP contribution in [0, 0.1) is 6.92 Å². The van der Waals surface area contributed by atoms with Crippen LogP contribution in [-0.4, -0.2) is 29.9 Å². The number of hydrogen-bond acceptors (Lipinski definition) is 4. The van der Waals surface area contributed by atoms with Crippen molar-refractivity contribution < 1.29 is 14.3 Å². The van der Waals surface area contributed by atoms with Crippen LogP contribution in [0.4, 0.5) is 0 Å². The summed E-state index contributed by atoms with van der Waals surface area (Å²) in [5, 5.41) is 7.05. The number of aromatic nitrogens is 2. The maximum atomic E-state index is 12.4. The van der Waals surface area contributed by atoms with Gasteiger partial charge in [0, 0.05) is 18.3 Å². The smallest absolute Gasteiger partial charge is 0.255 e. The third-order valence-electron chi connectivity index (χ3n) is 3.73. The van der Waals surface area contributed by atoms with Crippen LogP contribution < -0.4 is 14.8 Å². The quantitative estimate of drug-likeness (QED) is 0.920. The summed E-state index contributed by atoms with van der Waals surface area (Å²) in [5.74, 6) is 1.26. The van der Waals surface area contributed by atoms with E-state index in [0.717, 1.165) is 17.0 Å². The second kappa shape index (κ2) is 6.51. The lowest BCUT2D eigenvalue weighted by atomic mass is 10.1. The van der Waals surface area contributed by atoms with Crippen LogP contribution in [0.5, 0.6) is 11.5 Å². The van der Waals surface area contributed by atoms with Crippen molar-refractivity contribution in [3.63, 3.8) is 0 Å². The van der Waals surface area contributed by atoms with Crippen LogP contribution in [-0.2, 0) is 7.05 Å². The Morgan fingerprint density at radius 3 is 2.59 bits per heavy atom. The van der Waals surface area contributed by atoms with E-state index in [-0.39, 0.29) is 11.9 Å². The van der Waals surface area contributed by atoms with E-state index in [9.17, 15) is 4.79 Å². The number of hydrogen-bond donors (Lipinski definition) is 1. The fourth-order valence-corrected chi connectivity index (χ4v) is 2.25. The lowest BCUT2D eigenvalue weighted by molar-refractivity contribution is 0.0938. The van der Waals surface area contributed by atoms with Crippen molar-refractivity contribution in [3.8, 4) is 11.5 Å². The average molecular weight is 303 g/mol. The molecule has 0 fully saturated rings. The van der Waals surface area contributed by atoms with Gasteiger partial charge >= 0.3 is 0 Å². The predicted octanol–water partition coefficient (Wildman–Crippen LogP) is 2.24. The van der Waals surface area contributed by atoms with Crippen LogP contribution in [0.1, 0.15) is 34.6 Å². The van der Waals surface area contributed by atoms with E-state index in [2.05, 4.69) is 10.4 Å². The summed E-state index contributed by atoms with van der Waals surface area (Å²) in [5.41, 5.74) is 2.25. The van der Waals surface area contributed by atoms with Crippen molar-refractivity contribution >= 4 is 5.91 Å². The van der Waals surface area contributed by atoms with E-state index < -0.39 is 0 Å². The molecule has 0 aliphatic heterocycles. The molecule has 1 amide bonds. The molecule has 1 aromatic heterocycles. The SMILES string of the molecule is COc1ccc(OC)c(C(C)NC(=O)c2cnn(C)c2C)c1. The predicted molar refractivity (Wildman–Crippen MR) is 83.4 cm³/mol. The third-order valence-corrected chi connectivity index (χ3v) is 3.73. The molecule has 6 nitrogen and oxygen atoms in total. The average Bonchev–Trinajstić information content (AvgIpc) is 2.86. The van der Waals surface area contributed by atoms with Crippen molar-refractivity contribution in [3.05, 3.63) is 41.2 Å². The molecule has 6 heteroatoms. The Morgan fingerprint density at radius 1 is 1.32 bits per heavy atom. The summed E-state index contributed by atoms with van der Waals surface area (Å²) in [6.45, 7) is 3.76. The van der Waals surface area contributed by atoms with Gasteiger partial charge in [0.1, 0.15) is 11.5 Å². The molecular weight excluding hydrogens is 282 g/mol. The molecule has 0 saturated carbocycles. The highest BCUT2D eigenvalue weighted by molar-refractivity contribution is 5.95. The van der Waals surface area contributed by atoms with Crippen LogP contribution >= 0.6 is 0 Å². The number of ether oxygens (including phenoxy) is 2. The number of amides is 1. The lowest BCUT2D eigenvalue weighted by Crippen LogP contribution is -2.27. The Labute approximate surface area is 130 Å². The normalized spacial score (nSPS) is 11.9. The first-order chi connectivity index (χ1) is 10.5. The maximum absolute atomic E-state index is 12.4. The van der Waals surface area contributed by atoms with Gasteiger partial charge in [-0.1, -0.05) is 0 Å². The Hall–Kier alpha value is -2.50. The molecule has 1 atom stereocenters. The summed E-state index contributed by atoms with van der Waals surface area (Å²) in [6.07, 6.45) is 1.57. The van der Waals surface area contributed by atoms with Gasteiger partial charge in [0.15, 0.2) is 0 Å². The van der Waals surface area contributed by atoms with Crippen LogP contribution in [0.25, 0.3) is 0 Å². The van der Waals surface area contributed by atoms with Gasteiger partial charge in [0.25, 0.3) is 5.91 Å². The molecule has 0 bridgehead atoms. The molecule has 1 heterocycles. The number of carbonyl (C=O) groups excluding carboxylic acids is 1. The summed E-state index contributed by atoms with van der Waals surface area (Å²) in [4.78, 5) is 12.4. The molecule has 2 aromatic rings. The molecule has 1 N–H and O–H groups in total. The standard InChI is InChI=1S/C16H21N3O3/c1-10(13-8-12(21-4)6-7-15(13)22-5)18-16(20)14-9-17-19(3)11(14)2/h6-10H,1-5H3,(H,18,20). The minimum Gasteiger partial charge on any atom is -0.497 e. The lowest BCUT2D eigenvalue weighted by Gasteiger charge is -2.18. The van der Waals surface area contributed by atoms with Crippen molar-refractivity contribution in [2.24, 2.45) is 7.05 Å². The summed E-state index contributed by atoms with van der Waals surface area (Å²) < 4.78 is 12.3. The molecule has 1 aromatic carbocycles. The number of benzene rings is 1. The van der Waals surface area contributed by atoms with Crippen molar-refractivity contribution in [1.82, 2.24) is 15.1 Å². The van der Waals surface area contributed by atoms with Crippen LogP contribution in [0.15, 0.2) is 24.4 Å². The molecule has 22 heavy (non-hydrogen) atoms. The highest BCUT2D eigenvalue weighted by Crippen LogP contribution is 2.29. The Kier molecular flexibility index (Phi) is 4.70. The number of methoxy groups -OCH3 is 2.